The molecule has 0 spiro atoms. The molecular formula is C16H16ClN5O. The minimum atomic E-state index is -0.259. The molecule has 3 rings (SSSR count). The number of nitrogens with zero attached hydrogens (tertiary/aromatic N) is 3. The van der Waals surface area contributed by atoms with E-state index in [2.05, 4.69) is 20.6 Å². The summed E-state index contributed by atoms with van der Waals surface area (Å²) in [5, 5.41) is 14.8. The third-order valence-electron chi connectivity index (χ3n) is 3.69. The van der Waals surface area contributed by atoms with Crippen LogP contribution < -0.4 is 5.32 Å². The predicted molar refractivity (Wildman–Crippen MR) is 89.7 cm³/mol. The van der Waals surface area contributed by atoms with Crippen LogP contribution in [0.5, 0.6) is 0 Å². The van der Waals surface area contributed by atoms with E-state index in [1.54, 1.807) is 35.0 Å². The highest BCUT2D eigenvalue weighted by molar-refractivity contribution is 6.30. The largest absolute Gasteiger partial charge is 0.321 e. The summed E-state index contributed by atoms with van der Waals surface area (Å²) in [5.41, 5.74) is 4.57. The number of carbonyl (C=O) groups excluding carboxylic acids is 1. The topological polar surface area (TPSA) is 75.6 Å². The summed E-state index contributed by atoms with van der Waals surface area (Å²) in [4.78, 5) is 12.3. The quantitative estimate of drug-likeness (QED) is 0.773. The van der Waals surface area contributed by atoms with Crippen LogP contribution in [0, 0.1) is 13.8 Å². The molecule has 118 valence electrons. The van der Waals surface area contributed by atoms with Crippen LogP contribution in [0.4, 0.5) is 5.69 Å². The van der Waals surface area contributed by atoms with Gasteiger partial charge in [-0.25, -0.2) is 0 Å². The van der Waals surface area contributed by atoms with E-state index in [-0.39, 0.29) is 5.91 Å². The van der Waals surface area contributed by atoms with Gasteiger partial charge in [-0.05, 0) is 44.2 Å². The van der Waals surface area contributed by atoms with E-state index in [1.165, 1.54) is 0 Å². The molecular weight excluding hydrogens is 314 g/mol. The highest BCUT2D eigenvalue weighted by atomic mass is 35.5. The lowest BCUT2D eigenvalue weighted by atomic mass is 10.1. The molecule has 1 aromatic carbocycles. The van der Waals surface area contributed by atoms with Gasteiger partial charge in [0.25, 0.3) is 5.91 Å². The zero-order valence-electron chi connectivity index (χ0n) is 13.0. The standard InChI is InChI=1S/C16H16ClN5O/c1-9-15(10(2)22(3)21-9)13-8-14(20-19-13)16(23)18-12-6-4-11(17)5-7-12/h4-8H,1-3H3,(H,18,23)(H,19,20). The van der Waals surface area contributed by atoms with E-state index < -0.39 is 0 Å². The van der Waals surface area contributed by atoms with Crippen molar-refractivity contribution in [2.24, 2.45) is 7.05 Å². The Hall–Kier alpha value is -2.60. The Morgan fingerprint density at radius 3 is 2.57 bits per heavy atom. The second kappa shape index (κ2) is 5.89. The second-order valence-electron chi connectivity index (χ2n) is 5.30. The van der Waals surface area contributed by atoms with Crippen molar-refractivity contribution >= 4 is 23.2 Å². The van der Waals surface area contributed by atoms with Crippen molar-refractivity contribution in [1.82, 2.24) is 20.0 Å². The Balaban J connectivity index is 1.84. The molecule has 0 radical (unpaired) electrons. The molecule has 0 aliphatic heterocycles. The van der Waals surface area contributed by atoms with Gasteiger partial charge in [0.2, 0.25) is 0 Å². The van der Waals surface area contributed by atoms with Crippen molar-refractivity contribution < 1.29 is 4.79 Å². The molecule has 0 bridgehead atoms. The van der Waals surface area contributed by atoms with E-state index in [4.69, 9.17) is 11.6 Å². The minimum Gasteiger partial charge on any atom is -0.321 e. The molecule has 0 fully saturated rings. The first-order chi connectivity index (χ1) is 11.0. The van der Waals surface area contributed by atoms with Crippen LogP contribution in [0.1, 0.15) is 21.9 Å². The average Bonchev–Trinajstić information content (AvgIpc) is 3.07. The predicted octanol–water partition coefficient (Wildman–Crippen LogP) is 3.33. The Bertz CT molecular complexity index is 863. The van der Waals surface area contributed by atoms with Crippen molar-refractivity contribution in [2.75, 3.05) is 5.32 Å². The lowest BCUT2D eigenvalue weighted by Crippen LogP contribution is -2.12. The van der Waals surface area contributed by atoms with Crippen LogP contribution >= 0.6 is 11.6 Å². The fraction of sp³-hybridized carbons (Fsp3) is 0.188. The Morgan fingerprint density at radius 1 is 1.26 bits per heavy atom. The van der Waals surface area contributed by atoms with Gasteiger partial charge in [0, 0.05) is 29.0 Å². The second-order valence-corrected chi connectivity index (χ2v) is 5.73. The van der Waals surface area contributed by atoms with E-state index in [0.717, 1.165) is 17.0 Å². The van der Waals surface area contributed by atoms with Gasteiger partial charge in [-0.3, -0.25) is 14.6 Å². The number of halogens is 1. The van der Waals surface area contributed by atoms with Gasteiger partial charge in [0.1, 0.15) is 5.69 Å². The summed E-state index contributed by atoms with van der Waals surface area (Å²) >= 11 is 5.83. The Morgan fingerprint density at radius 2 is 1.96 bits per heavy atom. The van der Waals surface area contributed by atoms with Crippen LogP contribution in [-0.4, -0.2) is 25.9 Å². The first-order valence-electron chi connectivity index (χ1n) is 7.08. The summed E-state index contributed by atoms with van der Waals surface area (Å²) in [6, 6.07) is 8.65. The number of carbonyl (C=O) groups is 1. The highest BCUT2D eigenvalue weighted by Gasteiger charge is 2.17. The molecule has 1 amide bonds. The molecule has 6 nitrogen and oxygen atoms in total. The molecule has 2 N–H and O–H groups in total. The fourth-order valence-corrected chi connectivity index (χ4v) is 2.57. The number of anilines is 1. The number of H-pyrrole nitrogens is 1. The molecule has 0 saturated heterocycles. The number of aromatic amines is 1. The van der Waals surface area contributed by atoms with E-state index in [0.29, 0.717) is 22.1 Å². The van der Waals surface area contributed by atoms with Crippen LogP contribution in [0.2, 0.25) is 5.02 Å². The molecule has 23 heavy (non-hydrogen) atoms. The summed E-state index contributed by atoms with van der Waals surface area (Å²) in [7, 11) is 1.88. The van der Waals surface area contributed by atoms with Gasteiger partial charge in [-0.1, -0.05) is 11.6 Å². The zero-order chi connectivity index (χ0) is 16.6. The third kappa shape index (κ3) is 2.98. The maximum atomic E-state index is 12.3. The maximum Gasteiger partial charge on any atom is 0.273 e. The van der Waals surface area contributed by atoms with Gasteiger partial charge in [-0.15, -0.1) is 0 Å². The molecule has 2 aromatic heterocycles. The number of rotatable bonds is 3. The summed E-state index contributed by atoms with van der Waals surface area (Å²) in [6.07, 6.45) is 0. The van der Waals surface area contributed by atoms with E-state index >= 15 is 0 Å². The summed E-state index contributed by atoms with van der Waals surface area (Å²) in [5.74, 6) is -0.259. The molecule has 0 atom stereocenters. The normalized spacial score (nSPS) is 10.8. The van der Waals surface area contributed by atoms with Crippen LogP contribution in [0.25, 0.3) is 11.3 Å². The number of aromatic nitrogens is 4. The third-order valence-corrected chi connectivity index (χ3v) is 3.94. The van der Waals surface area contributed by atoms with Crippen molar-refractivity contribution in [1.29, 1.82) is 0 Å². The van der Waals surface area contributed by atoms with E-state index in [1.807, 2.05) is 20.9 Å². The van der Waals surface area contributed by atoms with Crippen molar-refractivity contribution in [3.8, 4) is 11.3 Å². The van der Waals surface area contributed by atoms with Gasteiger partial charge < -0.3 is 5.32 Å². The van der Waals surface area contributed by atoms with Gasteiger partial charge in [0.05, 0.1) is 11.4 Å². The molecule has 0 saturated carbocycles. The lowest BCUT2D eigenvalue weighted by Gasteiger charge is -2.02. The zero-order valence-corrected chi connectivity index (χ0v) is 13.8. The molecule has 2 heterocycles. The average molecular weight is 330 g/mol. The number of hydrogen-bond acceptors (Lipinski definition) is 3. The van der Waals surface area contributed by atoms with Crippen LogP contribution in [0.3, 0.4) is 0 Å². The smallest absolute Gasteiger partial charge is 0.273 e. The molecule has 3 aromatic rings. The van der Waals surface area contributed by atoms with Gasteiger partial charge >= 0.3 is 0 Å². The van der Waals surface area contributed by atoms with E-state index in [9.17, 15) is 4.79 Å². The maximum absolute atomic E-state index is 12.3. The monoisotopic (exact) mass is 329 g/mol. The number of amides is 1. The lowest BCUT2D eigenvalue weighted by molar-refractivity contribution is 0.102. The number of nitrogens with one attached hydrogen (secondary N) is 2. The SMILES string of the molecule is Cc1nn(C)c(C)c1-c1cc(C(=O)Nc2ccc(Cl)cc2)[nH]n1. The fourth-order valence-electron chi connectivity index (χ4n) is 2.44. The molecule has 0 aliphatic rings. The summed E-state index contributed by atoms with van der Waals surface area (Å²) < 4.78 is 1.80. The van der Waals surface area contributed by atoms with Crippen molar-refractivity contribution in [3.05, 3.63) is 52.4 Å². The Kier molecular flexibility index (Phi) is 3.92. The molecule has 7 heteroatoms. The first-order valence-corrected chi connectivity index (χ1v) is 7.46. The molecule has 0 unspecified atom stereocenters. The number of aryl methyl sites for hydroxylation is 2. The number of hydrogen-bond donors (Lipinski definition) is 2. The first kappa shape index (κ1) is 15.3. The van der Waals surface area contributed by atoms with Gasteiger partial charge in [-0.2, -0.15) is 10.2 Å². The summed E-state index contributed by atoms with van der Waals surface area (Å²) in [6.45, 7) is 3.89. The van der Waals surface area contributed by atoms with Crippen LogP contribution in [-0.2, 0) is 7.05 Å². The Labute approximate surface area is 138 Å². The highest BCUT2D eigenvalue weighted by Crippen LogP contribution is 2.25. The van der Waals surface area contributed by atoms with Crippen molar-refractivity contribution in [3.63, 3.8) is 0 Å². The van der Waals surface area contributed by atoms with Gasteiger partial charge in [0.15, 0.2) is 0 Å². The number of benzene rings is 1. The molecule has 0 aliphatic carbocycles. The van der Waals surface area contributed by atoms with Crippen molar-refractivity contribution in [2.45, 2.75) is 13.8 Å². The minimum absolute atomic E-state index is 0.259. The van der Waals surface area contributed by atoms with Crippen LogP contribution in [0.15, 0.2) is 30.3 Å².